The zero-order chi connectivity index (χ0) is 20.8. The Labute approximate surface area is 168 Å². The maximum Gasteiger partial charge on any atom is 0.336 e. The lowest BCUT2D eigenvalue weighted by Gasteiger charge is -2.26. The van der Waals surface area contributed by atoms with Gasteiger partial charge in [0.25, 0.3) is 5.91 Å². The van der Waals surface area contributed by atoms with Gasteiger partial charge in [-0.3, -0.25) is 4.79 Å². The topological polar surface area (TPSA) is 81.0 Å². The first-order chi connectivity index (χ1) is 14.0. The van der Waals surface area contributed by atoms with Gasteiger partial charge in [0.15, 0.2) is 6.61 Å². The van der Waals surface area contributed by atoms with Crippen LogP contribution in [0.25, 0.3) is 11.0 Å². The van der Waals surface area contributed by atoms with Crippen LogP contribution >= 0.6 is 0 Å². The standard InChI is InChI=1S/C22H24N2O5/c1-24(2)18(17-6-4-5-7-19(17)27-3)13-23-21(25)14-28-16-10-8-15-9-11-22(26)29-20(15)12-16/h4-12,18H,13-14H2,1-3H3,(H,23,25). The molecular formula is C22H24N2O5. The van der Waals surface area contributed by atoms with Crippen LogP contribution in [0.4, 0.5) is 0 Å². The number of hydrogen-bond donors (Lipinski definition) is 1. The Balaban J connectivity index is 1.60. The Morgan fingerprint density at radius 2 is 1.90 bits per heavy atom. The summed E-state index contributed by atoms with van der Waals surface area (Å²) in [5.74, 6) is 0.978. The summed E-state index contributed by atoms with van der Waals surface area (Å²) in [5, 5.41) is 3.68. The number of para-hydroxylation sites is 1. The Morgan fingerprint density at radius 3 is 2.66 bits per heavy atom. The molecule has 7 heteroatoms. The Kier molecular flexibility index (Phi) is 6.51. The third-order valence-corrected chi connectivity index (χ3v) is 4.58. The molecule has 1 N–H and O–H groups in total. The van der Waals surface area contributed by atoms with Gasteiger partial charge in [0.1, 0.15) is 17.1 Å². The first-order valence-corrected chi connectivity index (χ1v) is 9.20. The molecule has 7 nitrogen and oxygen atoms in total. The molecule has 0 saturated carbocycles. The molecule has 3 rings (SSSR count). The number of carbonyl (C=O) groups is 1. The highest BCUT2D eigenvalue weighted by Crippen LogP contribution is 2.27. The number of benzene rings is 2. The molecule has 1 heterocycles. The van der Waals surface area contributed by atoms with Crippen LogP contribution in [0.5, 0.6) is 11.5 Å². The van der Waals surface area contributed by atoms with Crippen LogP contribution in [-0.4, -0.2) is 45.2 Å². The van der Waals surface area contributed by atoms with Gasteiger partial charge in [0, 0.05) is 29.6 Å². The van der Waals surface area contributed by atoms with Crippen molar-refractivity contribution in [2.75, 3.05) is 34.4 Å². The molecule has 0 aliphatic heterocycles. The quantitative estimate of drug-likeness (QED) is 0.590. The van der Waals surface area contributed by atoms with Crippen LogP contribution in [-0.2, 0) is 4.79 Å². The second-order valence-corrected chi connectivity index (χ2v) is 6.77. The molecular weight excluding hydrogens is 372 g/mol. The van der Waals surface area contributed by atoms with E-state index in [4.69, 9.17) is 13.9 Å². The molecule has 1 atom stereocenters. The number of amides is 1. The van der Waals surface area contributed by atoms with Gasteiger partial charge < -0.3 is 24.1 Å². The first-order valence-electron chi connectivity index (χ1n) is 9.20. The SMILES string of the molecule is COc1ccccc1C(CNC(=O)COc1ccc2ccc(=O)oc2c1)N(C)C. The van der Waals surface area contributed by atoms with Crippen LogP contribution in [0, 0.1) is 0 Å². The van der Waals surface area contributed by atoms with Crippen molar-refractivity contribution in [3.8, 4) is 11.5 Å². The van der Waals surface area contributed by atoms with Gasteiger partial charge in [-0.15, -0.1) is 0 Å². The monoisotopic (exact) mass is 396 g/mol. The van der Waals surface area contributed by atoms with E-state index < -0.39 is 5.63 Å². The predicted molar refractivity (Wildman–Crippen MR) is 110 cm³/mol. The summed E-state index contributed by atoms with van der Waals surface area (Å²) >= 11 is 0. The molecule has 0 saturated heterocycles. The van der Waals surface area contributed by atoms with Crippen molar-refractivity contribution >= 4 is 16.9 Å². The Hall–Kier alpha value is -3.32. The van der Waals surface area contributed by atoms with Gasteiger partial charge >= 0.3 is 5.63 Å². The minimum absolute atomic E-state index is 0.0509. The lowest BCUT2D eigenvalue weighted by atomic mass is 10.0. The van der Waals surface area contributed by atoms with E-state index in [1.165, 1.54) is 6.07 Å². The van der Waals surface area contributed by atoms with Crippen LogP contribution in [0.3, 0.4) is 0 Å². The van der Waals surface area contributed by atoms with Crippen molar-refractivity contribution in [1.82, 2.24) is 10.2 Å². The van der Waals surface area contributed by atoms with Gasteiger partial charge in [-0.1, -0.05) is 18.2 Å². The van der Waals surface area contributed by atoms with E-state index in [2.05, 4.69) is 5.32 Å². The number of hydrogen-bond acceptors (Lipinski definition) is 6. The highest BCUT2D eigenvalue weighted by atomic mass is 16.5. The summed E-state index contributed by atoms with van der Waals surface area (Å²) in [6, 6.07) is 15.8. The molecule has 0 aliphatic rings. The van der Waals surface area contributed by atoms with Crippen LogP contribution in [0.1, 0.15) is 11.6 Å². The number of nitrogens with zero attached hydrogens (tertiary/aromatic N) is 1. The summed E-state index contributed by atoms with van der Waals surface area (Å²) in [6.07, 6.45) is 0. The van der Waals surface area contributed by atoms with E-state index in [1.54, 1.807) is 31.4 Å². The van der Waals surface area contributed by atoms with Crippen molar-refractivity contribution in [2.24, 2.45) is 0 Å². The summed E-state index contributed by atoms with van der Waals surface area (Å²) in [7, 11) is 5.52. The second kappa shape index (κ2) is 9.25. The van der Waals surface area contributed by atoms with E-state index in [1.807, 2.05) is 43.3 Å². The Morgan fingerprint density at radius 1 is 1.14 bits per heavy atom. The largest absolute Gasteiger partial charge is 0.496 e. The van der Waals surface area contributed by atoms with E-state index in [-0.39, 0.29) is 18.6 Å². The van der Waals surface area contributed by atoms with E-state index in [9.17, 15) is 9.59 Å². The molecule has 29 heavy (non-hydrogen) atoms. The van der Waals surface area contributed by atoms with E-state index >= 15 is 0 Å². The van der Waals surface area contributed by atoms with Gasteiger partial charge in [0.05, 0.1) is 13.2 Å². The molecule has 1 unspecified atom stereocenters. The fourth-order valence-corrected chi connectivity index (χ4v) is 3.05. The average Bonchev–Trinajstić information content (AvgIpc) is 2.72. The van der Waals surface area contributed by atoms with Crippen LogP contribution < -0.4 is 20.4 Å². The van der Waals surface area contributed by atoms with Crippen LogP contribution in [0.2, 0.25) is 0 Å². The van der Waals surface area contributed by atoms with E-state index in [0.717, 1.165) is 16.7 Å². The highest BCUT2D eigenvalue weighted by molar-refractivity contribution is 5.79. The highest BCUT2D eigenvalue weighted by Gasteiger charge is 2.19. The van der Waals surface area contributed by atoms with E-state index in [0.29, 0.717) is 17.9 Å². The molecule has 152 valence electrons. The number of methoxy groups -OCH3 is 1. The molecule has 0 aliphatic carbocycles. The van der Waals surface area contributed by atoms with Gasteiger partial charge in [-0.05, 0) is 38.4 Å². The minimum Gasteiger partial charge on any atom is -0.496 e. The molecule has 0 radical (unpaired) electrons. The zero-order valence-electron chi connectivity index (χ0n) is 16.7. The number of rotatable bonds is 8. The zero-order valence-corrected chi connectivity index (χ0v) is 16.7. The summed E-state index contributed by atoms with van der Waals surface area (Å²) in [4.78, 5) is 25.6. The van der Waals surface area contributed by atoms with Crippen molar-refractivity contribution in [3.05, 3.63) is 70.6 Å². The molecule has 0 spiro atoms. The van der Waals surface area contributed by atoms with Crippen LogP contribution in [0.15, 0.2) is 63.8 Å². The van der Waals surface area contributed by atoms with Crippen molar-refractivity contribution in [1.29, 1.82) is 0 Å². The minimum atomic E-state index is -0.432. The van der Waals surface area contributed by atoms with Crippen molar-refractivity contribution < 1.29 is 18.7 Å². The number of nitrogens with one attached hydrogen (secondary N) is 1. The van der Waals surface area contributed by atoms with Gasteiger partial charge in [0.2, 0.25) is 0 Å². The molecule has 0 fully saturated rings. The fraction of sp³-hybridized carbons (Fsp3) is 0.273. The number of carbonyl (C=O) groups excluding carboxylic acids is 1. The summed E-state index contributed by atoms with van der Waals surface area (Å²) in [5.41, 5.74) is 0.975. The van der Waals surface area contributed by atoms with Crippen molar-refractivity contribution in [2.45, 2.75) is 6.04 Å². The molecule has 2 aromatic carbocycles. The fourth-order valence-electron chi connectivity index (χ4n) is 3.05. The van der Waals surface area contributed by atoms with Gasteiger partial charge in [-0.25, -0.2) is 4.79 Å². The van der Waals surface area contributed by atoms with Crippen molar-refractivity contribution in [3.63, 3.8) is 0 Å². The molecule has 0 bridgehead atoms. The number of ether oxygens (including phenoxy) is 2. The molecule has 3 aromatic rings. The normalized spacial score (nSPS) is 12.0. The summed E-state index contributed by atoms with van der Waals surface area (Å²) < 4.78 is 16.1. The third-order valence-electron chi connectivity index (χ3n) is 4.58. The predicted octanol–water partition coefficient (Wildman–Crippen LogP) is 2.60. The lowest BCUT2D eigenvalue weighted by molar-refractivity contribution is -0.123. The third kappa shape index (κ3) is 5.14. The van der Waals surface area contributed by atoms with Gasteiger partial charge in [-0.2, -0.15) is 0 Å². The average molecular weight is 396 g/mol. The first kappa shape index (κ1) is 20.4. The number of fused-ring (bicyclic) bond motifs is 1. The summed E-state index contributed by atoms with van der Waals surface area (Å²) in [6.45, 7) is 0.261. The maximum absolute atomic E-state index is 12.3. The smallest absolute Gasteiger partial charge is 0.336 e. The second-order valence-electron chi connectivity index (χ2n) is 6.77. The maximum atomic E-state index is 12.3. The molecule has 1 amide bonds. The molecule has 1 aromatic heterocycles. The number of likely N-dealkylation sites (N-methyl/N-ethyl adjacent to an activating group) is 1. The Bertz CT molecular complexity index is 1040. The lowest BCUT2D eigenvalue weighted by Crippen LogP contribution is -2.37.